The Kier molecular flexibility index (Phi) is 6.23. The van der Waals surface area contributed by atoms with Crippen LogP contribution in [0.15, 0.2) is 0 Å². The summed E-state index contributed by atoms with van der Waals surface area (Å²) in [5, 5.41) is 2.26. The molecule has 3 saturated carbocycles. The number of unbranched alkanes of at least 4 members (excludes halogenated alkanes) is 4. The van der Waals surface area contributed by atoms with Gasteiger partial charge in [-0.1, -0.05) is 94.3 Å². The Morgan fingerprint density at radius 1 is 0.759 bits per heavy atom. The van der Waals surface area contributed by atoms with Gasteiger partial charge in [-0.15, -0.1) is 0 Å². The molecule has 8 unspecified atom stereocenters. The highest BCUT2D eigenvalue weighted by molar-refractivity contribution is 8.47. The third-order valence-electron chi connectivity index (χ3n) is 10.2. The third kappa shape index (κ3) is 2.96. The van der Waals surface area contributed by atoms with Gasteiger partial charge in [0.05, 0.1) is 0 Å². The second-order valence-electron chi connectivity index (χ2n) is 11.4. The summed E-state index contributed by atoms with van der Waals surface area (Å²) in [4.78, 5) is 0. The van der Waals surface area contributed by atoms with Crippen molar-refractivity contribution in [2.24, 2.45) is 35.0 Å². The van der Waals surface area contributed by atoms with Crippen LogP contribution < -0.4 is 0 Å². The summed E-state index contributed by atoms with van der Waals surface area (Å²) in [5.74, 6) is 6.00. The predicted molar refractivity (Wildman–Crippen MR) is 132 cm³/mol. The molecule has 0 bridgehead atoms. The van der Waals surface area contributed by atoms with Gasteiger partial charge in [-0.05, 0) is 79.7 Å². The van der Waals surface area contributed by atoms with Gasteiger partial charge in [-0.25, -0.2) is 0 Å². The van der Waals surface area contributed by atoms with Crippen LogP contribution in [0.4, 0.5) is 0 Å². The number of hydrogen-bond acceptors (Lipinski definition) is 0. The molecule has 3 aliphatic carbocycles. The smallest absolute Gasteiger partial charge is 0.00833 e. The Morgan fingerprint density at radius 3 is 1.97 bits per heavy atom. The summed E-state index contributed by atoms with van der Waals surface area (Å²) in [6, 6.07) is 0. The van der Waals surface area contributed by atoms with E-state index >= 15 is 0 Å². The average Bonchev–Trinajstić information content (AvgIpc) is 3.64. The van der Waals surface area contributed by atoms with Crippen molar-refractivity contribution in [1.29, 1.82) is 0 Å². The largest absolute Gasteiger partial charge is 0.0718 e. The van der Waals surface area contributed by atoms with Crippen LogP contribution in [0.2, 0.25) is 0 Å². The minimum Gasteiger partial charge on any atom is -0.0718 e. The lowest BCUT2D eigenvalue weighted by molar-refractivity contribution is 0.287. The molecule has 0 spiro atoms. The van der Waals surface area contributed by atoms with Crippen LogP contribution in [0.1, 0.15) is 118 Å². The molecular formula is C27H48P2. The van der Waals surface area contributed by atoms with Gasteiger partial charge in [-0.2, -0.15) is 0 Å². The summed E-state index contributed by atoms with van der Waals surface area (Å²) < 4.78 is 0. The van der Waals surface area contributed by atoms with Gasteiger partial charge in [0.1, 0.15) is 0 Å². The Hall–Kier alpha value is 0.860. The lowest BCUT2D eigenvalue weighted by Gasteiger charge is -2.24. The highest BCUT2D eigenvalue weighted by Gasteiger charge is 3.03. The molecule has 29 heavy (non-hydrogen) atoms. The van der Waals surface area contributed by atoms with E-state index in [0.717, 1.165) is 10.6 Å². The first kappa shape index (κ1) is 21.7. The second kappa shape index (κ2) is 8.33. The minimum absolute atomic E-state index is 0.456. The maximum absolute atomic E-state index is 2.44. The highest BCUT2D eigenvalue weighted by atomic mass is 32.1. The number of hydrogen-bond donors (Lipinski definition) is 0. The van der Waals surface area contributed by atoms with Crippen LogP contribution in [-0.4, -0.2) is 16.7 Å². The molecule has 0 radical (unpaired) electrons. The first-order chi connectivity index (χ1) is 14.3. The van der Waals surface area contributed by atoms with Gasteiger partial charge in [0, 0.05) is 10.6 Å². The zero-order valence-electron chi connectivity index (χ0n) is 20.0. The topological polar surface area (TPSA) is 0 Å². The van der Waals surface area contributed by atoms with E-state index in [4.69, 9.17) is 0 Å². The molecule has 8 atom stereocenters. The van der Waals surface area contributed by atoms with Crippen molar-refractivity contribution in [2.45, 2.75) is 128 Å². The monoisotopic (exact) mass is 434 g/mol. The van der Waals surface area contributed by atoms with Gasteiger partial charge in [-0.3, -0.25) is 0 Å². The van der Waals surface area contributed by atoms with Crippen LogP contribution in [0.3, 0.4) is 0 Å². The average molecular weight is 435 g/mol. The first-order valence-corrected chi connectivity index (χ1v) is 17.5. The maximum atomic E-state index is 2.44. The number of rotatable bonds is 12. The number of fused-ring (bicyclic) bond motifs is 2. The van der Waals surface area contributed by atoms with E-state index in [1.54, 1.807) is 44.7 Å². The van der Waals surface area contributed by atoms with Crippen LogP contribution in [0, 0.1) is 35.0 Å². The molecule has 0 amide bonds. The van der Waals surface area contributed by atoms with Gasteiger partial charge >= 0.3 is 0 Å². The van der Waals surface area contributed by atoms with Crippen molar-refractivity contribution in [2.75, 3.05) is 6.16 Å². The summed E-state index contributed by atoms with van der Waals surface area (Å²) in [6.45, 7) is 9.72. The van der Waals surface area contributed by atoms with Crippen molar-refractivity contribution in [1.82, 2.24) is 0 Å². The summed E-state index contributed by atoms with van der Waals surface area (Å²) >= 11 is 0. The van der Waals surface area contributed by atoms with Gasteiger partial charge in [0.15, 0.2) is 0 Å². The Labute approximate surface area is 184 Å². The lowest BCUT2D eigenvalue weighted by atomic mass is 9.84. The standard InChI is InChI=1S/C27H48P2/c1-5-9-14-20-21-15-13-19-28-24(18-12-8-4)29(28)27-22(16-10-6-2)26(27,25(20)21)23(27)17-11-7-3/h20-25H,5-19H2,1-4H3. The molecule has 5 fully saturated rings. The second-order valence-corrected chi connectivity index (χ2v) is 18.7. The SMILES string of the molecule is CCCCC1C2CCCP3C(CCCC)P3C34C(CCCC)C3(C12)C4CCCC. The van der Waals surface area contributed by atoms with Gasteiger partial charge in [0.25, 0.3) is 0 Å². The fourth-order valence-corrected chi connectivity index (χ4v) is 22.4. The van der Waals surface area contributed by atoms with Crippen LogP contribution in [-0.2, 0) is 0 Å². The fraction of sp³-hybridized carbons (Fsp3) is 1.00. The zero-order valence-corrected chi connectivity index (χ0v) is 21.8. The normalized spacial score (nSPS) is 50.9. The van der Waals surface area contributed by atoms with Crippen LogP contribution in [0.25, 0.3) is 0 Å². The fourth-order valence-electron chi connectivity index (χ4n) is 9.08. The minimum atomic E-state index is 0.456. The van der Waals surface area contributed by atoms with E-state index in [9.17, 15) is 0 Å². The van der Waals surface area contributed by atoms with Crippen molar-refractivity contribution in [3.63, 3.8) is 0 Å². The van der Waals surface area contributed by atoms with E-state index in [0.29, 0.717) is 15.2 Å². The van der Waals surface area contributed by atoms with Crippen molar-refractivity contribution in [3.8, 4) is 0 Å². The molecular weight excluding hydrogens is 386 g/mol. The maximum Gasteiger partial charge on any atom is 0.00833 e. The molecule has 5 aliphatic rings. The van der Waals surface area contributed by atoms with Crippen molar-refractivity contribution in [3.05, 3.63) is 0 Å². The van der Waals surface area contributed by atoms with E-state index in [2.05, 4.69) is 27.7 Å². The molecule has 0 aromatic rings. The van der Waals surface area contributed by atoms with Crippen molar-refractivity contribution < 1.29 is 0 Å². The quantitative estimate of drug-likeness (QED) is 0.268. The Bertz CT molecular complexity index is 519. The van der Waals surface area contributed by atoms with E-state index in [1.165, 1.54) is 86.4 Å². The predicted octanol–water partition coefficient (Wildman–Crippen LogP) is 9.61. The molecule has 2 saturated heterocycles. The van der Waals surface area contributed by atoms with Gasteiger partial charge < -0.3 is 0 Å². The van der Waals surface area contributed by atoms with E-state index in [1.807, 2.05) is 0 Å². The summed E-state index contributed by atoms with van der Waals surface area (Å²) in [5.41, 5.74) is 0.929. The molecule has 2 aliphatic heterocycles. The van der Waals surface area contributed by atoms with Crippen molar-refractivity contribution >= 4 is 15.2 Å². The molecule has 5 rings (SSSR count). The molecule has 0 aromatic carbocycles. The third-order valence-corrected chi connectivity index (χ3v) is 20.3. The summed E-state index contributed by atoms with van der Waals surface area (Å²) in [7, 11) is 0.943. The lowest BCUT2D eigenvalue weighted by Crippen LogP contribution is -2.17. The summed E-state index contributed by atoms with van der Waals surface area (Å²) in [6.07, 6.45) is 23.3. The first-order valence-electron chi connectivity index (χ1n) is 13.8. The molecule has 0 N–H and O–H groups in total. The van der Waals surface area contributed by atoms with Crippen LogP contribution >= 0.6 is 15.2 Å². The van der Waals surface area contributed by atoms with Gasteiger partial charge in [0.2, 0.25) is 0 Å². The molecule has 0 nitrogen and oxygen atoms in total. The Balaban J connectivity index is 1.42. The molecule has 166 valence electrons. The Morgan fingerprint density at radius 2 is 1.34 bits per heavy atom. The van der Waals surface area contributed by atoms with E-state index < -0.39 is 0 Å². The van der Waals surface area contributed by atoms with Crippen LogP contribution in [0.5, 0.6) is 0 Å². The highest BCUT2D eigenvalue weighted by Crippen LogP contribution is 3.18. The molecule has 2 heterocycles. The molecule has 0 aromatic heterocycles. The van der Waals surface area contributed by atoms with E-state index in [-0.39, 0.29) is 0 Å². The molecule has 2 heteroatoms. The zero-order chi connectivity index (χ0) is 20.2.